The molecule has 1 N–H and O–H groups in total. The highest BCUT2D eigenvalue weighted by atomic mass is 16.4. The van der Waals surface area contributed by atoms with E-state index in [4.69, 9.17) is 5.11 Å². The van der Waals surface area contributed by atoms with Gasteiger partial charge in [0, 0.05) is 37.4 Å². The molecule has 2 aromatic heterocycles. The number of hydrogen-bond donors (Lipinski definition) is 1. The summed E-state index contributed by atoms with van der Waals surface area (Å²) < 4.78 is 2.11. The van der Waals surface area contributed by atoms with Gasteiger partial charge in [-0.3, -0.25) is 0 Å². The molecule has 0 saturated carbocycles. The first-order valence-corrected chi connectivity index (χ1v) is 5.68. The Hall–Kier alpha value is -2.37. The van der Waals surface area contributed by atoms with E-state index >= 15 is 0 Å². The average Bonchev–Trinajstić information content (AvgIpc) is 2.86. The van der Waals surface area contributed by atoms with E-state index in [-0.39, 0.29) is 5.69 Å². The van der Waals surface area contributed by atoms with Gasteiger partial charge in [0.2, 0.25) is 0 Å². The predicted octanol–water partition coefficient (Wildman–Crippen LogP) is 0.996. The molecular weight excluding hydrogens is 232 g/mol. The largest absolute Gasteiger partial charge is 0.477 e. The topological polar surface area (TPSA) is 71.2 Å². The van der Waals surface area contributed by atoms with Crippen molar-refractivity contribution in [3.05, 3.63) is 42.2 Å². The molecule has 1 aliphatic rings. The zero-order valence-electron chi connectivity index (χ0n) is 9.65. The van der Waals surface area contributed by atoms with Crippen LogP contribution in [-0.2, 0) is 13.1 Å². The molecule has 0 aromatic carbocycles. The van der Waals surface area contributed by atoms with Crippen LogP contribution in [0.1, 0.15) is 16.3 Å². The Bertz CT molecular complexity index is 593. The van der Waals surface area contributed by atoms with Gasteiger partial charge in [-0.25, -0.2) is 14.8 Å². The zero-order valence-corrected chi connectivity index (χ0v) is 9.65. The van der Waals surface area contributed by atoms with Crippen LogP contribution < -0.4 is 4.90 Å². The van der Waals surface area contributed by atoms with Crippen molar-refractivity contribution in [3.63, 3.8) is 0 Å². The van der Waals surface area contributed by atoms with Crippen LogP contribution in [0.3, 0.4) is 0 Å². The number of aromatic nitrogens is 3. The third-order valence-corrected chi connectivity index (χ3v) is 3.07. The highest BCUT2D eigenvalue weighted by molar-refractivity contribution is 5.86. The van der Waals surface area contributed by atoms with Crippen LogP contribution in [-0.4, -0.2) is 32.2 Å². The number of anilines is 1. The second-order valence-corrected chi connectivity index (χ2v) is 4.16. The lowest BCUT2D eigenvalue weighted by Gasteiger charge is -2.29. The van der Waals surface area contributed by atoms with Gasteiger partial charge in [0.15, 0.2) is 0 Å². The van der Waals surface area contributed by atoms with Crippen LogP contribution in [0.2, 0.25) is 0 Å². The maximum Gasteiger partial charge on any atom is 0.354 e. The zero-order chi connectivity index (χ0) is 12.5. The van der Waals surface area contributed by atoms with Gasteiger partial charge in [-0.1, -0.05) is 0 Å². The number of carboxylic acids is 1. The van der Waals surface area contributed by atoms with Crippen molar-refractivity contribution in [2.45, 2.75) is 13.1 Å². The van der Waals surface area contributed by atoms with E-state index in [1.54, 1.807) is 12.3 Å². The van der Waals surface area contributed by atoms with E-state index in [0.29, 0.717) is 6.54 Å². The lowest BCUT2D eigenvalue weighted by atomic mass is 10.2. The summed E-state index contributed by atoms with van der Waals surface area (Å²) in [5.74, 6) is -0.00898. The van der Waals surface area contributed by atoms with Crippen LogP contribution >= 0.6 is 0 Å². The first-order valence-electron chi connectivity index (χ1n) is 5.68. The van der Waals surface area contributed by atoms with E-state index in [1.165, 1.54) is 6.20 Å². The summed E-state index contributed by atoms with van der Waals surface area (Å²) in [5.41, 5.74) is 0.943. The number of nitrogens with zero attached hydrogens (tertiary/aromatic N) is 4. The Labute approximate surface area is 104 Å². The quantitative estimate of drug-likeness (QED) is 0.853. The Morgan fingerprint density at radius 2 is 2.17 bits per heavy atom. The fourth-order valence-corrected chi connectivity index (χ4v) is 2.13. The summed E-state index contributed by atoms with van der Waals surface area (Å²) in [7, 11) is 0. The summed E-state index contributed by atoms with van der Waals surface area (Å²) in [6.45, 7) is 2.39. The maximum absolute atomic E-state index is 10.9. The summed E-state index contributed by atoms with van der Waals surface area (Å²) in [6.07, 6.45) is 5.27. The minimum absolute atomic E-state index is 0.0708. The number of fused-ring (bicyclic) bond motifs is 1. The van der Waals surface area contributed by atoms with E-state index in [2.05, 4.69) is 19.4 Å². The van der Waals surface area contributed by atoms with E-state index in [0.717, 1.165) is 24.6 Å². The monoisotopic (exact) mass is 244 g/mol. The maximum atomic E-state index is 10.9. The van der Waals surface area contributed by atoms with Crippen LogP contribution in [0.15, 0.2) is 30.7 Å². The lowest BCUT2D eigenvalue weighted by Crippen LogP contribution is -2.33. The number of carbonyl (C=O) groups is 1. The van der Waals surface area contributed by atoms with Crippen molar-refractivity contribution >= 4 is 11.7 Å². The molecule has 0 bridgehead atoms. The minimum Gasteiger partial charge on any atom is -0.477 e. The smallest absolute Gasteiger partial charge is 0.354 e. The van der Waals surface area contributed by atoms with Crippen LogP contribution in [0.4, 0.5) is 5.69 Å². The molecule has 0 radical (unpaired) electrons. The third kappa shape index (κ3) is 1.81. The van der Waals surface area contributed by atoms with Gasteiger partial charge in [-0.15, -0.1) is 0 Å². The van der Waals surface area contributed by atoms with Gasteiger partial charge in [-0.05, 0) is 12.1 Å². The number of pyridine rings is 1. The third-order valence-electron chi connectivity index (χ3n) is 3.07. The molecular formula is C12H12N4O2. The molecule has 0 saturated heterocycles. The average molecular weight is 244 g/mol. The number of aromatic carboxylic acids is 1. The number of hydrogen-bond acceptors (Lipinski definition) is 4. The second-order valence-electron chi connectivity index (χ2n) is 4.16. The van der Waals surface area contributed by atoms with Crippen LogP contribution in [0.5, 0.6) is 0 Å². The molecule has 0 unspecified atom stereocenters. The normalized spacial score (nSPS) is 14.3. The molecule has 1 aliphatic heterocycles. The fourth-order valence-electron chi connectivity index (χ4n) is 2.13. The Balaban J connectivity index is 1.88. The van der Waals surface area contributed by atoms with Gasteiger partial charge in [0.1, 0.15) is 11.5 Å². The molecule has 0 amide bonds. The first-order chi connectivity index (χ1) is 8.74. The molecule has 6 heteroatoms. The van der Waals surface area contributed by atoms with Gasteiger partial charge >= 0.3 is 5.97 Å². The molecule has 0 aliphatic carbocycles. The van der Waals surface area contributed by atoms with Gasteiger partial charge in [-0.2, -0.15) is 0 Å². The van der Waals surface area contributed by atoms with Crippen molar-refractivity contribution in [3.8, 4) is 0 Å². The van der Waals surface area contributed by atoms with Crippen molar-refractivity contribution in [2.75, 3.05) is 11.4 Å². The SMILES string of the molecule is O=C(O)c1cc(N2CCn3ccnc3C2)ccn1. The fraction of sp³-hybridized carbons (Fsp3) is 0.250. The lowest BCUT2D eigenvalue weighted by molar-refractivity contribution is 0.0690. The number of imidazole rings is 1. The molecule has 2 aromatic rings. The highest BCUT2D eigenvalue weighted by Gasteiger charge is 2.17. The van der Waals surface area contributed by atoms with Crippen molar-refractivity contribution in [1.29, 1.82) is 0 Å². The minimum atomic E-state index is -1.00. The van der Waals surface area contributed by atoms with Crippen molar-refractivity contribution in [2.24, 2.45) is 0 Å². The Kier molecular flexibility index (Phi) is 2.47. The first kappa shape index (κ1) is 10.8. The molecule has 92 valence electrons. The van der Waals surface area contributed by atoms with Crippen LogP contribution in [0, 0.1) is 0 Å². The summed E-state index contributed by atoms with van der Waals surface area (Å²) in [5, 5.41) is 8.93. The number of rotatable bonds is 2. The molecule has 3 heterocycles. The number of carboxylic acid groups (broad SMARTS) is 1. The van der Waals surface area contributed by atoms with Gasteiger partial charge in [0.05, 0.1) is 6.54 Å². The predicted molar refractivity (Wildman–Crippen MR) is 64.5 cm³/mol. The highest BCUT2D eigenvalue weighted by Crippen LogP contribution is 2.20. The molecule has 0 fully saturated rings. The van der Waals surface area contributed by atoms with Gasteiger partial charge in [0.25, 0.3) is 0 Å². The molecule has 0 spiro atoms. The van der Waals surface area contributed by atoms with Gasteiger partial charge < -0.3 is 14.6 Å². The molecule has 18 heavy (non-hydrogen) atoms. The Morgan fingerprint density at radius 3 is 3.00 bits per heavy atom. The summed E-state index contributed by atoms with van der Waals surface area (Å²) in [4.78, 5) is 21.1. The van der Waals surface area contributed by atoms with E-state index in [1.807, 2.05) is 12.3 Å². The van der Waals surface area contributed by atoms with Crippen molar-refractivity contribution < 1.29 is 9.90 Å². The summed E-state index contributed by atoms with van der Waals surface area (Å²) in [6, 6.07) is 3.42. The standard InChI is InChI=1S/C12H12N4O2/c17-12(18)10-7-9(1-2-13-10)16-6-5-15-4-3-14-11(15)8-16/h1-4,7H,5-6,8H2,(H,17,18). The molecule has 0 atom stereocenters. The second kappa shape index (κ2) is 4.14. The van der Waals surface area contributed by atoms with Crippen LogP contribution in [0.25, 0.3) is 0 Å². The molecule has 6 nitrogen and oxygen atoms in total. The molecule has 3 rings (SSSR count). The van der Waals surface area contributed by atoms with Crippen molar-refractivity contribution in [1.82, 2.24) is 14.5 Å². The van der Waals surface area contributed by atoms with E-state index < -0.39 is 5.97 Å². The Morgan fingerprint density at radius 1 is 1.28 bits per heavy atom. The van der Waals surface area contributed by atoms with E-state index in [9.17, 15) is 4.79 Å². The summed E-state index contributed by atoms with van der Waals surface area (Å²) >= 11 is 0.